The van der Waals surface area contributed by atoms with Crippen LogP contribution in [0, 0.1) is 6.92 Å². The van der Waals surface area contributed by atoms with E-state index in [0.717, 1.165) is 30.0 Å². The van der Waals surface area contributed by atoms with E-state index in [0.29, 0.717) is 18.2 Å². The second kappa shape index (κ2) is 4.58. The molecule has 1 saturated carbocycles. The molecule has 2 aliphatic rings. The van der Waals surface area contributed by atoms with Gasteiger partial charge in [-0.15, -0.1) is 0 Å². The molecule has 0 bridgehead atoms. The standard InChI is InChI=1S/C13H20N4O2S/c1-8-11(14)15-12(9-3-4-9)16-13(8)17(2)10-5-6-20(18,19)7-10/h9-10H,3-7H2,1-2H3,(H2,14,15,16). The van der Waals surface area contributed by atoms with E-state index in [9.17, 15) is 8.42 Å². The normalized spacial score (nSPS) is 24.8. The zero-order valence-electron chi connectivity index (χ0n) is 11.8. The van der Waals surface area contributed by atoms with Gasteiger partial charge in [-0.25, -0.2) is 18.4 Å². The molecule has 0 spiro atoms. The lowest BCUT2D eigenvalue weighted by atomic mass is 10.2. The predicted octanol–water partition coefficient (Wildman–Crippen LogP) is 0.868. The van der Waals surface area contributed by atoms with Gasteiger partial charge in [-0.2, -0.15) is 0 Å². The Labute approximate surface area is 119 Å². The minimum atomic E-state index is -2.90. The number of aromatic nitrogens is 2. The molecule has 1 aromatic rings. The van der Waals surface area contributed by atoms with Crippen LogP contribution in [0.25, 0.3) is 0 Å². The van der Waals surface area contributed by atoms with Crippen molar-refractivity contribution in [3.63, 3.8) is 0 Å². The van der Waals surface area contributed by atoms with E-state index < -0.39 is 9.84 Å². The van der Waals surface area contributed by atoms with Gasteiger partial charge in [0.05, 0.1) is 11.5 Å². The number of hydrogen-bond acceptors (Lipinski definition) is 6. The smallest absolute Gasteiger partial charge is 0.152 e. The van der Waals surface area contributed by atoms with Crippen LogP contribution in [0.15, 0.2) is 0 Å². The largest absolute Gasteiger partial charge is 0.383 e. The van der Waals surface area contributed by atoms with Crippen LogP contribution >= 0.6 is 0 Å². The number of rotatable bonds is 3. The molecule has 2 fully saturated rings. The summed E-state index contributed by atoms with van der Waals surface area (Å²) < 4.78 is 23.3. The molecule has 0 radical (unpaired) electrons. The molecule has 1 atom stereocenters. The van der Waals surface area contributed by atoms with Crippen LogP contribution in [0.1, 0.15) is 36.6 Å². The molecular formula is C13H20N4O2S. The molecule has 0 amide bonds. The molecule has 7 heteroatoms. The number of anilines is 2. The molecule has 1 unspecified atom stereocenters. The van der Waals surface area contributed by atoms with Gasteiger partial charge in [0.15, 0.2) is 9.84 Å². The Morgan fingerprint density at radius 1 is 1.25 bits per heavy atom. The first kappa shape index (κ1) is 13.6. The van der Waals surface area contributed by atoms with Crippen molar-refractivity contribution in [2.24, 2.45) is 0 Å². The van der Waals surface area contributed by atoms with E-state index in [4.69, 9.17) is 5.73 Å². The minimum absolute atomic E-state index is 0.0138. The van der Waals surface area contributed by atoms with Gasteiger partial charge in [-0.05, 0) is 26.2 Å². The van der Waals surface area contributed by atoms with E-state index >= 15 is 0 Å². The molecule has 1 aliphatic heterocycles. The fourth-order valence-corrected chi connectivity index (χ4v) is 4.43. The summed E-state index contributed by atoms with van der Waals surface area (Å²) >= 11 is 0. The molecule has 6 nitrogen and oxygen atoms in total. The molecule has 1 saturated heterocycles. The Kier molecular flexibility index (Phi) is 3.12. The summed E-state index contributed by atoms with van der Waals surface area (Å²) in [5.41, 5.74) is 6.82. The fourth-order valence-electron chi connectivity index (χ4n) is 2.66. The maximum absolute atomic E-state index is 11.6. The summed E-state index contributed by atoms with van der Waals surface area (Å²) in [7, 11) is -1.00. The van der Waals surface area contributed by atoms with Crippen molar-refractivity contribution in [2.45, 2.75) is 38.1 Å². The minimum Gasteiger partial charge on any atom is -0.383 e. The first-order chi connectivity index (χ1) is 9.37. The van der Waals surface area contributed by atoms with Gasteiger partial charge in [0.25, 0.3) is 0 Å². The van der Waals surface area contributed by atoms with Crippen LogP contribution in [-0.4, -0.2) is 43.0 Å². The van der Waals surface area contributed by atoms with Gasteiger partial charge in [-0.1, -0.05) is 0 Å². The third-order valence-corrected chi connectivity index (χ3v) is 5.96. The lowest BCUT2D eigenvalue weighted by Crippen LogP contribution is -2.34. The van der Waals surface area contributed by atoms with Gasteiger partial charge in [-0.3, -0.25) is 0 Å². The zero-order chi connectivity index (χ0) is 14.5. The second-order valence-electron chi connectivity index (χ2n) is 5.86. The molecule has 20 heavy (non-hydrogen) atoms. The van der Waals surface area contributed by atoms with E-state index in [2.05, 4.69) is 9.97 Å². The predicted molar refractivity (Wildman–Crippen MR) is 78.6 cm³/mol. The SMILES string of the molecule is Cc1c(N)nc(C2CC2)nc1N(C)C1CCS(=O)(=O)C1. The van der Waals surface area contributed by atoms with Crippen LogP contribution in [0.3, 0.4) is 0 Å². The van der Waals surface area contributed by atoms with Crippen molar-refractivity contribution in [1.29, 1.82) is 0 Å². The Hall–Kier alpha value is -1.37. The second-order valence-corrected chi connectivity index (χ2v) is 8.09. The van der Waals surface area contributed by atoms with E-state index in [1.165, 1.54) is 0 Å². The Bertz CT molecular complexity index is 640. The topological polar surface area (TPSA) is 89.2 Å². The van der Waals surface area contributed by atoms with Crippen molar-refractivity contribution < 1.29 is 8.42 Å². The molecule has 3 rings (SSSR count). The zero-order valence-corrected chi connectivity index (χ0v) is 12.7. The van der Waals surface area contributed by atoms with Crippen LogP contribution in [-0.2, 0) is 9.84 Å². The van der Waals surface area contributed by atoms with E-state index in [-0.39, 0.29) is 17.5 Å². The number of sulfone groups is 1. The summed E-state index contributed by atoms with van der Waals surface area (Å²) in [5, 5.41) is 0. The summed E-state index contributed by atoms with van der Waals surface area (Å²) in [6.07, 6.45) is 2.88. The third-order valence-electron chi connectivity index (χ3n) is 4.21. The van der Waals surface area contributed by atoms with Crippen LogP contribution in [0.5, 0.6) is 0 Å². The highest BCUT2D eigenvalue weighted by molar-refractivity contribution is 7.91. The quantitative estimate of drug-likeness (QED) is 0.890. The van der Waals surface area contributed by atoms with Gasteiger partial charge in [0, 0.05) is 24.6 Å². The third kappa shape index (κ3) is 2.46. The van der Waals surface area contributed by atoms with Crippen LogP contribution < -0.4 is 10.6 Å². The lowest BCUT2D eigenvalue weighted by Gasteiger charge is -2.26. The van der Waals surface area contributed by atoms with Gasteiger partial charge in [0.1, 0.15) is 17.5 Å². The highest BCUT2D eigenvalue weighted by atomic mass is 32.2. The highest BCUT2D eigenvalue weighted by Crippen LogP contribution is 2.40. The average molecular weight is 296 g/mol. The van der Waals surface area contributed by atoms with Crippen LogP contribution in [0.2, 0.25) is 0 Å². The first-order valence-corrected chi connectivity index (χ1v) is 8.77. The monoisotopic (exact) mass is 296 g/mol. The maximum Gasteiger partial charge on any atom is 0.152 e. The first-order valence-electron chi connectivity index (χ1n) is 6.94. The Balaban J connectivity index is 1.92. The molecule has 1 aliphatic carbocycles. The summed E-state index contributed by atoms with van der Waals surface area (Å²) in [4.78, 5) is 10.9. The van der Waals surface area contributed by atoms with Crippen molar-refractivity contribution in [2.75, 3.05) is 29.2 Å². The summed E-state index contributed by atoms with van der Waals surface area (Å²) in [6.45, 7) is 1.89. The van der Waals surface area contributed by atoms with Crippen LogP contribution in [0.4, 0.5) is 11.6 Å². The summed E-state index contributed by atoms with van der Waals surface area (Å²) in [6, 6.07) is -0.0138. The van der Waals surface area contributed by atoms with Gasteiger partial charge >= 0.3 is 0 Å². The molecule has 1 aromatic heterocycles. The number of nitrogens with two attached hydrogens (primary N) is 1. The molecule has 110 valence electrons. The molecule has 2 N–H and O–H groups in total. The molecular weight excluding hydrogens is 276 g/mol. The van der Waals surface area contributed by atoms with Crippen molar-refractivity contribution in [1.82, 2.24) is 9.97 Å². The lowest BCUT2D eigenvalue weighted by molar-refractivity contribution is 0.600. The fraction of sp³-hybridized carbons (Fsp3) is 0.692. The number of nitrogens with zero attached hydrogens (tertiary/aromatic N) is 3. The van der Waals surface area contributed by atoms with Gasteiger partial charge < -0.3 is 10.6 Å². The molecule has 2 heterocycles. The average Bonchev–Trinajstić information content (AvgIpc) is 3.16. The Morgan fingerprint density at radius 3 is 2.50 bits per heavy atom. The van der Waals surface area contributed by atoms with E-state index in [1.54, 1.807) is 0 Å². The maximum atomic E-state index is 11.6. The van der Waals surface area contributed by atoms with Crippen molar-refractivity contribution >= 4 is 21.5 Å². The summed E-state index contributed by atoms with van der Waals surface area (Å²) in [5.74, 6) is 2.97. The molecule has 0 aromatic carbocycles. The Morgan fingerprint density at radius 2 is 1.95 bits per heavy atom. The number of hydrogen-bond donors (Lipinski definition) is 1. The number of nitrogen functional groups attached to an aromatic ring is 1. The van der Waals surface area contributed by atoms with E-state index in [1.807, 2.05) is 18.9 Å². The highest BCUT2D eigenvalue weighted by Gasteiger charge is 2.33. The van der Waals surface area contributed by atoms with Crippen molar-refractivity contribution in [3.8, 4) is 0 Å². The van der Waals surface area contributed by atoms with Crippen molar-refractivity contribution in [3.05, 3.63) is 11.4 Å². The van der Waals surface area contributed by atoms with Gasteiger partial charge in [0.2, 0.25) is 0 Å².